The molecule has 4 aromatic rings. The molecule has 32 heavy (non-hydrogen) atoms. The van der Waals surface area contributed by atoms with Crippen LogP contribution in [-0.4, -0.2) is 56.3 Å². The van der Waals surface area contributed by atoms with Gasteiger partial charge < -0.3 is 4.90 Å². The van der Waals surface area contributed by atoms with Gasteiger partial charge >= 0.3 is 0 Å². The molecule has 1 fully saturated rings. The van der Waals surface area contributed by atoms with Crippen LogP contribution < -0.4 is 4.90 Å². The van der Waals surface area contributed by atoms with Crippen molar-refractivity contribution in [1.29, 1.82) is 0 Å². The highest BCUT2D eigenvalue weighted by atomic mass is 15.6. The molecule has 1 aliphatic rings. The predicted molar refractivity (Wildman–Crippen MR) is 124 cm³/mol. The number of rotatable bonds is 7. The Kier molecular flexibility index (Phi) is 6.16. The maximum Gasteiger partial charge on any atom is 0.174 e. The fourth-order valence-corrected chi connectivity index (χ4v) is 4.34. The van der Waals surface area contributed by atoms with Crippen molar-refractivity contribution in [2.45, 2.75) is 19.0 Å². The van der Waals surface area contributed by atoms with Crippen molar-refractivity contribution in [3.8, 4) is 0 Å². The zero-order valence-corrected chi connectivity index (χ0v) is 18.0. The number of pyridine rings is 1. The van der Waals surface area contributed by atoms with E-state index >= 15 is 0 Å². The van der Waals surface area contributed by atoms with Crippen LogP contribution in [0.3, 0.4) is 0 Å². The molecule has 1 saturated heterocycles. The van der Waals surface area contributed by atoms with Gasteiger partial charge in [-0.1, -0.05) is 54.6 Å². The zero-order valence-electron chi connectivity index (χ0n) is 18.0. The van der Waals surface area contributed by atoms with Gasteiger partial charge in [-0.25, -0.2) is 4.68 Å². The maximum absolute atomic E-state index is 4.68. The summed E-state index contributed by atoms with van der Waals surface area (Å²) in [5, 5.41) is 12.8. The van der Waals surface area contributed by atoms with Gasteiger partial charge in [0.1, 0.15) is 6.04 Å². The number of hydrogen-bond acceptors (Lipinski definition) is 6. The van der Waals surface area contributed by atoms with Crippen LogP contribution in [-0.2, 0) is 13.0 Å². The van der Waals surface area contributed by atoms with Crippen LogP contribution >= 0.6 is 0 Å². The molecule has 0 bridgehead atoms. The SMILES string of the molecule is c1ccc(CCn2nnnc2[C@@H](c2ccccn2)N2CCN(c3ccccc3)CC2)cc1. The van der Waals surface area contributed by atoms with E-state index in [2.05, 4.69) is 91.0 Å². The molecule has 0 saturated carbocycles. The summed E-state index contributed by atoms with van der Waals surface area (Å²) in [6.07, 6.45) is 2.73. The molecular formula is C25H27N7. The lowest BCUT2D eigenvalue weighted by Gasteiger charge is -2.39. The van der Waals surface area contributed by atoms with E-state index in [-0.39, 0.29) is 6.04 Å². The minimum atomic E-state index is -0.0695. The second-order valence-electron chi connectivity index (χ2n) is 8.01. The number of aromatic nitrogens is 5. The first-order valence-corrected chi connectivity index (χ1v) is 11.1. The predicted octanol–water partition coefficient (Wildman–Crippen LogP) is 3.22. The second-order valence-corrected chi connectivity index (χ2v) is 8.01. The van der Waals surface area contributed by atoms with Crippen molar-refractivity contribution in [1.82, 2.24) is 30.1 Å². The quantitative estimate of drug-likeness (QED) is 0.453. The van der Waals surface area contributed by atoms with Crippen molar-refractivity contribution in [3.05, 3.63) is 102 Å². The van der Waals surface area contributed by atoms with Crippen LogP contribution in [0.4, 0.5) is 5.69 Å². The summed E-state index contributed by atoms with van der Waals surface area (Å²) in [4.78, 5) is 9.57. The Morgan fingerprint density at radius 2 is 1.50 bits per heavy atom. The summed E-state index contributed by atoms with van der Waals surface area (Å²) >= 11 is 0. The number of benzene rings is 2. The molecule has 162 valence electrons. The van der Waals surface area contributed by atoms with Crippen LogP contribution in [0.5, 0.6) is 0 Å². The molecular weight excluding hydrogens is 398 g/mol. The van der Waals surface area contributed by atoms with E-state index in [0.29, 0.717) is 0 Å². The molecule has 1 atom stereocenters. The Labute approximate surface area is 188 Å². The number of tetrazole rings is 1. The molecule has 5 rings (SSSR count). The number of nitrogens with zero attached hydrogens (tertiary/aromatic N) is 7. The smallest absolute Gasteiger partial charge is 0.174 e. The van der Waals surface area contributed by atoms with E-state index in [0.717, 1.165) is 50.7 Å². The summed E-state index contributed by atoms with van der Waals surface area (Å²) in [6.45, 7) is 4.49. The molecule has 7 nitrogen and oxygen atoms in total. The molecule has 0 radical (unpaired) electrons. The summed E-state index contributed by atoms with van der Waals surface area (Å²) in [7, 11) is 0. The van der Waals surface area contributed by atoms with Gasteiger partial charge in [-0.3, -0.25) is 9.88 Å². The monoisotopic (exact) mass is 425 g/mol. The third kappa shape index (κ3) is 4.53. The summed E-state index contributed by atoms with van der Waals surface area (Å²) in [5.41, 5.74) is 3.53. The largest absolute Gasteiger partial charge is 0.369 e. The third-order valence-corrected chi connectivity index (χ3v) is 6.03. The van der Waals surface area contributed by atoms with Gasteiger partial charge in [-0.2, -0.15) is 0 Å². The maximum atomic E-state index is 4.68. The number of aryl methyl sites for hydroxylation is 2. The minimum Gasteiger partial charge on any atom is -0.369 e. The number of piperazine rings is 1. The standard InChI is InChI=1S/C25H27N7/c1-3-9-21(10-4-1)14-16-32-25(27-28-29-32)24(23-13-7-8-15-26-23)31-19-17-30(18-20-31)22-11-5-2-6-12-22/h1-13,15,24H,14,16-20H2/t24-/m1/s1. The average Bonchev–Trinajstić information content (AvgIpc) is 3.33. The highest BCUT2D eigenvalue weighted by Gasteiger charge is 2.31. The summed E-state index contributed by atoms with van der Waals surface area (Å²) in [5.74, 6) is 0.854. The van der Waals surface area contributed by atoms with Gasteiger partial charge in [0.2, 0.25) is 0 Å². The minimum absolute atomic E-state index is 0.0695. The third-order valence-electron chi connectivity index (χ3n) is 6.03. The molecule has 0 N–H and O–H groups in total. The van der Waals surface area contributed by atoms with Crippen LogP contribution in [0.15, 0.2) is 85.1 Å². The van der Waals surface area contributed by atoms with Crippen molar-refractivity contribution < 1.29 is 0 Å². The molecule has 0 unspecified atom stereocenters. The number of para-hydroxylation sites is 1. The zero-order chi connectivity index (χ0) is 21.6. The average molecular weight is 426 g/mol. The first-order chi connectivity index (χ1) is 15.9. The van der Waals surface area contributed by atoms with Gasteiger partial charge in [-0.15, -0.1) is 5.10 Å². The molecule has 1 aliphatic heterocycles. The molecule has 0 amide bonds. The van der Waals surface area contributed by atoms with E-state index < -0.39 is 0 Å². The van der Waals surface area contributed by atoms with Crippen LogP contribution in [0.1, 0.15) is 23.1 Å². The first kappa shape index (κ1) is 20.3. The number of hydrogen-bond donors (Lipinski definition) is 0. The van der Waals surface area contributed by atoms with Gasteiger partial charge in [0.05, 0.1) is 5.69 Å². The van der Waals surface area contributed by atoms with E-state index in [9.17, 15) is 0 Å². The Bertz CT molecular complexity index is 1090. The lowest BCUT2D eigenvalue weighted by Crippen LogP contribution is -2.48. The van der Waals surface area contributed by atoms with E-state index in [4.69, 9.17) is 0 Å². The molecule has 0 spiro atoms. The van der Waals surface area contributed by atoms with Crippen LogP contribution in [0, 0.1) is 0 Å². The Morgan fingerprint density at radius 1 is 0.781 bits per heavy atom. The lowest BCUT2D eigenvalue weighted by molar-refractivity contribution is 0.197. The molecule has 7 heteroatoms. The summed E-state index contributed by atoms with van der Waals surface area (Å²) < 4.78 is 1.94. The van der Waals surface area contributed by atoms with Gasteiger partial charge in [-0.05, 0) is 46.7 Å². The Morgan fingerprint density at radius 3 is 2.22 bits per heavy atom. The van der Waals surface area contributed by atoms with Gasteiger partial charge in [0.25, 0.3) is 0 Å². The topological polar surface area (TPSA) is 63.0 Å². The van der Waals surface area contributed by atoms with Crippen molar-refractivity contribution in [2.75, 3.05) is 31.1 Å². The first-order valence-electron chi connectivity index (χ1n) is 11.1. The lowest BCUT2D eigenvalue weighted by atomic mass is 10.1. The molecule has 2 aromatic carbocycles. The Balaban J connectivity index is 1.37. The highest BCUT2D eigenvalue weighted by Crippen LogP contribution is 2.28. The van der Waals surface area contributed by atoms with Crippen molar-refractivity contribution >= 4 is 5.69 Å². The van der Waals surface area contributed by atoms with Crippen molar-refractivity contribution in [2.24, 2.45) is 0 Å². The highest BCUT2D eigenvalue weighted by molar-refractivity contribution is 5.46. The summed E-state index contributed by atoms with van der Waals surface area (Å²) in [6, 6.07) is 27.1. The van der Waals surface area contributed by atoms with E-state index in [1.165, 1.54) is 11.3 Å². The molecule has 3 heterocycles. The second kappa shape index (κ2) is 9.70. The normalized spacial score (nSPS) is 15.6. The van der Waals surface area contributed by atoms with E-state index in [1.54, 1.807) is 0 Å². The van der Waals surface area contributed by atoms with Crippen LogP contribution in [0.2, 0.25) is 0 Å². The molecule has 0 aliphatic carbocycles. The number of anilines is 1. The van der Waals surface area contributed by atoms with E-state index in [1.807, 2.05) is 29.1 Å². The van der Waals surface area contributed by atoms with Gasteiger partial charge in [0.15, 0.2) is 5.82 Å². The molecule has 2 aromatic heterocycles. The van der Waals surface area contributed by atoms with Crippen LogP contribution in [0.25, 0.3) is 0 Å². The van der Waals surface area contributed by atoms with Gasteiger partial charge in [0, 0.05) is 44.6 Å². The van der Waals surface area contributed by atoms with Crippen molar-refractivity contribution in [3.63, 3.8) is 0 Å². The fourth-order valence-electron chi connectivity index (χ4n) is 4.34. The fraction of sp³-hybridized carbons (Fsp3) is 0.280. The Hall–Kier alpha value is -3.58.